The maximum Gasteiger partial charge on any atom is 0.248 e. The molecule has 6 nitrogen and oxygen atoms in total. The van der Waals surface area contributed by atoms with E-state index in [0.717, 1.165) is 0 Å². The number of alkyl halides is 2. The Morgan fingerprint density at radius 1 is 1.33 bits per heavy atom. The molecule has 1 aliphatic carbocycles. The number of H-pyrrole nitrogens is 1. The van der Waals surface area contributed by atoms with E-state index in [9.17, 15) is 8.78 Å². The van der Waals surface area contributed by atoms with Gasteiger partial charge in [-0.25, -0.2) is 13.8 Å². The van der Waals surface area contributed by atoms with E-state index in [2.05, 4.69) is 25.3 Å². The van der Waals surface area contributed by atoms with Crippen LogP contribution in [0.1, 0.15) is 37.5 Å². The lowest BCUT2D eigenvalue weighted by Crippen LogP contribution is -2.23. The molecule has 1 fully saturated rings. The van der Waals surface area contributed by atoms with Crippen LogP contribution < -0.4 is 0 Å². The number of nitrogens with zero attached hydrogens (tertiary/aromatic N) is 4. The molecule has 1 saturated carbocycles. The zero-order valence-electron chi connectivity index (χ0n) is 9.44. The molecule has 0 spiro atoms. The predicted molar refractivity (Wildman–Crippen MR) is 55.8 cm³/mol. The molecule has 0 saturated heterocycles. The Bertz CT molecular complexity index is 514. The molecule has 2 heterocycles. The average molecular weight is 255 g/mol. The Labute approximate surface area is 101 Å². The van der Waals surface area contributed by atoms with E-state index in [1.54, 1.807) is 0 Å². The Morgan fingerprint density at radius 2 is 2.11 bits per heavy atom. The van der Waals surface area contributed by atoms with E-state index >= 15 is 0 Å². The predicted octanol–water partition coefficient (Wildman–Crippen LogP) is 2.15. The smallest absolute Gasteiger partial charge is 0.248 e. The van der Waals surface area contributed by atoms with Gasteiger partial charge in [0.1, 0.15) is 6.33 Å². The summed E-state index contributed by atoms with van der Waals surface area (Å²) in [4.78, 5) is 8.06. The van der Waals surface area contributed by atoms with Gasteiger partial charge in [0.25, 0.3) is 0 Å². The summed E-state index contributed by atoms with van der Waals surface area (Å²) in [6, 6.07) is 0. The summed E-state index contributed by atoms with van der Waals surface area (Å²) in [7, 11) is 0. The molecule has 1 aliphatic rings. The Balaban J connectivity index is 1.75. The number of hydrogen-bond donors (Lipinski definition) is 1. The van der Waals surface area contributed by atoms with E-state index in [1.165, 1.54) is 6.33 Å². The van der Waals surface area contributed by atoms with Gasteiger partial charge in [-0.3, -0.25) is 5.10 Å². The van der Waals surface area contributed by atoms with E-state index < -0.39 is 5.92 Å². The SMILES string of the molecule is FC1(F)CCC(c2nc(-c3ncn[nH]3)no2)CC1. The van der Waals surface area contributed by atoms with Gasteiger partial charge in [0.05, 0.1) is 0 Å². The summed E-state index contributed by atoms with van der Waals surface area (Å²) in [5.41, 5.74) is 0. The maximum atomic E-state index is 13.0. The monoisotopic (exact) mass is 255 g/mol. The maximum absolute atomic E-state index is 13.0. The van der Waals surface area contributed by atoms with Gasteiger partial charge in [0.15, 0.2) is 5.82 Å². The van der Waals surface area contributed by atoms with Crippen molar-refractivity contribution in [2.24, 2.45) is 0 Å². The highest BCUT2D eigenvalue weighted by molar-refractivity contribution is 5.39. The van der Waals surface area contributed by atoms with Crippen LogP contribution in [0, 0.1) is 0 Å². The van der Waals surface area contributed by atoms with Crippen molar-refractivity contribution in [2.75, 3.05) is 0 Å². The average Bonchev–Trinajstić information content (AvgIpc) is 2.99. The van der Waals surface area contributed by atoms with Gasteiger partial charge in [-0.1, -0.05) is 5.16 Å². The Morgan fingerprint density at radius 3 is 2.78 bits per heavy atom. The number of rotatable bonds is 2. The molecular formula is C10H11F2N5O. The minimum Gasteiger partial charge on any atom is -0.339 e. The second kappa shape index (κ2) is 4.11. The fourth-order valence-electron chi connectivity index (χ4n) is 2.10. The van der Waals surface area contributed by atoms with Crippen LogP contribution in [0.5, 0.6) is 0 Å². The second-order valence-corrected chi connectivity index (χ2v) is 4.42. The summed E-state index contributed by atoms with van der Waals surface area (Å²) in [5.74, 6) is -1.53. The first-order valence-electron chi connectivity index (χ1n) is 5.71. The summed E-state index contributed by atoms with van der Waals surface area (Å²) < 4.78 is 31.2. The van der Waals surface area contributed by atoms with Crippen LogP contribution in [0.3, 0.4) is 0 Å². The van der Waals surface area contributed by atoms with Crippen molar-refractivity contribution in [1.29, 1.82) is 0 Å². The first-order valence-corrected chi connectivity index (χ1v) is 5.71. The molecule has 96 valence electrons. The van der Waals surface area contributed by atoms with Crippen molar-refractivity contribution in [3.8, 4) is 11.6 Å². The molecule has 8 heteroatoms. The Kier molecular flexibility index (Phi) is 2.57. The lowest BCUT2D eigenvalue weighted by atomic mass is 9.87. The standard InChI is InChI=1S/C10H11F2N5O/c11-10(12)3-1-6(2-4-10)9-15-8(17-18-9)7-13-5-14-16-7/h5-6H,1-4H2,(H,13,14,16). The third-order valence-corrected chi connectivity index (χ3v) is 3.13. The molecule has 2 aromatic rings. The quantitative estimate of drug-likeness (QED) is 0.889. The summed E-state index contributed by atoms with van der Waals surface area (Å²) >= 11 is 0. The third kappa shape index (κ3) is 2.09. The van der Waals surface area contributed by atoms with E-state index in [1.807, 2.05) is 0 Å². The molecule has 0 atom stereocenters. The molecule has 3 rings (SSSR count). The number of hydrogen-bond acceptors (Lipinski definition) is 5. The zero-order chi connectivity index (χ0) is 12.6. The first kappa shape index (κ1) is 11.2. The van der Waals surface area contributed by atoms with Crippen molar-refractivity contribution in [1.82, 2.24) is 25.3 Å². The van der Waals surface area contributed by atoms with Crippen molar-refractivity contribution >= 4 is 0 Å². The molecule has 0 aromatic carbocycles. The largest absolute Gasteiger partial charge is 0.339 e. The number of aromatic nitrogens is 5. The van der Waals surface area contributed by atoms with Crippen LogP contribution >= 0.6 is 0 Å². The number of halogens is 2. The highest BCUT2D eigenvalue weighted by Gasteiger charge is 2.37. The van der Waals surface area contributed by atoms with Crippen LogP contribution in [-0.4, -0.2) is 31.2 Å². The van der Waals surface area contributed by atoms with Crippen molar-refractivity contribution in [2.45, 2.75) is 37.5 Å². The van der Waals surface area contributed by atoms with Gasteiger partial charge in [-0.15, -0.1) is 0 Å². The molecule has 0 amide bonds. The molecule has 0 unspecified atom stereocenters. The van der Waals surface area contributed by atoms with E-state index in [-0.39, 0.29) is 18.8 Å². The molecule has 1 N–H and O–H groups in total. The van der Waals surface area contributed by atoms with Gasteiger partial charge in [-0.05, 0) is 12.8 Å². The van der Waals surface area contributed by atoms with Crippen LogP contribution in [-0.2, 0) is 0 Å². The highest BCUT2D eigenvalue weighted by Crippen LogP contribution is 2.40. The summed E-state index contributed by atoms with van der Waals surface area (Å²) in [6.45, 7) is 0. The highest BCUT2D eigenvalue weighted by atomic mass is 19.3. The van der Waals surface area contributed by atoms with E-state index in [0.29, 0.717) is 30.4 Å². The summed E-state index contributed by atoms with van der Waals surface area (Å²) in [5, 5.41) is 10.1. The molecule has 0 aliphatic heterocycles. The molecule has 18 heavy (non-hydrogen) atoms. The number of nitrogens with one attached hydrogen (secondary N) is 1. The Hall–Kier alpha value is -1.86. The minimum atomic E-state index is -2.55. The first-order chi connectivity index (χ1) is 8.64. The second-order valence-electron chi connectivity index (χ2n) is 4.42. The number of aromatic amines is 1. The van der Waals surface area contributed by atoms with Crippen LogP contribution in [0.4, 0.5) is 8.78 Å². The fraction of sp³-hybridized carbons (Fsp3) is 0.600. The van der Waals surface area contributed by atoms with Gasteiger partial charge in [-0.2, -0.15) is 10.1 Å². The molecule has 0 radical (unpaired) electrons. The van der Waals surface area contributed by atoms with Gasteiger partial charge < -0.3 is 4.52 Å². The zero-order valence-corrected chi connectivity index (χ0v) is 9.44. The van der Waals surface area contributed by atoms with Crippen molar-refractivity contribution < 1.29 is 13.3 Å². The minimum absolute atomic E-state index is 0.0891. The lowest BCUT2D eigenvalue weighted by molar-refractivity contribution is -0.0402. The summed E-state index contributed by atoms with van der Waals surface area (Å²) in [6.07, 6.45) is 1.82. The van der Waals surface area contributed by atoms with Crippen molar-refractivity contribution in [3.05, 3.63) is 12.2 Å². The molecule has 0 bridgehead atoms. The third-order valence-electron chi connectivity index (χ3n) is 3.13. The van der Waals surface area contributed by atoms with Gasteiger partial charge >= 0.3 is 0 Å². The van der Waals surface area contributed by atoms with Crippen LogP contribution in [0.2, 0.25) is 0 Å². The fourth-order valence-corrected chi connectivity index (χ4v) is 2.10. The lowest BCUT2D eigenvalue weighted by Gasteiger charge is -2.25. The van der Waals surface area contributed by atoms with Crippen molar-refractivity contribution in [3.63, 3.8) is 0 Å². The van der Waals surface area contributed by atoms with Gasteiger partial charge in [0, 0.05) is 18.8 Å². The molecular weight excluding hydrogens is 244 g/mol. The van der Waals surface area contributed by atoms with Crippen LogP contribution in [0.25, 0.3) is 11.6 Å². The normalized spacial score (nSPS) is 20.1. The van der Waals surface area contributed by atoms with Crippen LogP contribution in [0.15, 0.2) is 10.9 Å². The topological polar surface area (TPSA) is 80.5 Å². The van der Waals surface area contributed by atoms with E-state index in [4.69, 9.17) is 4.52 Å². The van der Waals surface area contributed by atoms with Gasteiger partial charge in [0.2, 0.25) is 17.6 Å². The molecule has 2 aromatic heterocycles.